The number of rotatable bonds is 3. The summed E-state index contributed by atoms with van der Waals surface area (Å²) in [5.41, 5.74) is 7.27. The minimum atomic E-state index is 0.694. The first-order valence-corrected chi connectivity index (χ1v) is 10.3. The minimum absolute atomic E-state index is 0.694. The fourth-order valence-corrected chi connectivity index (χ4v) is 4.31. The minimum Gasteiger partial charge on any atom is -0.335 e. The lowest BCUT2D eigenvalue weighted by atomic mass is 10.1. The molecule has 0 bridgehead atoms. The molecule has 146 valence electrons. The third-order valence-electron chi connectivity index (χ3n) is 5.38. The van der Waals surface area contributed by atoms with Gasteiger partial charge in [0.25, 0.3) is 0 Å². The third kappa shape index (κ3) is 2.49. The summed E-state index contributed by atoms with van der Waals surface area (Å²) in [7, 11) is 1.98. The van der Waals surface area contributed by atoms with Crippen molar-refractivity contribution in [3.8, 4) is 34.0 Å². The van der Waals surface area contributed by atoms with Gasteiger partial charge in [0, 0.05) is 24.2 Å². The van der Waals surface area contributed by atoms with E-state index in [0.29, 0.717) is 5.82 Å². The number of fused-ring (bicyclic) bond motifs is 2. The number of pyridine rings is 2. The Morgan fingerprint density at radius 1 is 1.07 bits per heavy atom. The Morgan fingerprint density at radius 3 is 2.80 bits per heavy atom. The van der Waals surface area contributed by atoms with Crippen LogP contribution in [-0.2, 0) is 7.05 Å². The molecule has 0 unspecified atom stereocenters. The maximum Gasteiger partial charge on any atom is 0.159 e. The van der Waals surface area contributed by atoms with Crippen molar-refractivity contribution in [2.45, 2.75) is 6.92 Å². The second kappa shape index (κ2) is 6.33. The van der Waals surface area contributed by atoms with Crippen molar-refractivity contribution < 1.29 is 0 Å². The smallest absolute Gasteiger partial charge is 0.159 e. The number of nitrogens with one attached hydrogen (secondary N) is 2. The van der Waals surface area contributed by atoms with Crippen LogP contribution in [0.5, 0.6) is 0 Å². The van der Waals surface area contributed by atoms with E-state index in [1.807, 2.05) is 37.0 Å². The molecule has 6 heterocycles. The van der Waals surface area contributed by atoms with E-state index in [1.54, 1.807) is 23.7 Å². The van der Waals surface area contributed by atoms with Crippen LogP contribution in [-0.4, -0.2) is 39.7 Å². The summed E-state index contributed by atoms with van der Waals surface area (Å²) in [6.45, 7) is 1.97. The van der Waals surface area contributed by atoms with Crippen LogP contribution in [0.15, 0.2) is 47.7 Å². The number of nitrogens with zero attached hydrogens (tertiary/aromatic N) is 6. The molecule has 0 radical (unpaired) electrons. The number of aryl methyl sites for hydroxylation is 1. The van der Waals surface area contributed by atoms with Crippen LogP contribution in [0.2, 0.25) is 0 Å². The molecule has 6 aromatic rings. The van der Waals surface area contributed by atoms with Gasteiger partial charge in [0.2, 0.25) is 0 Å². The van der Waals surface area contributed by atoms with Crippen LogP contribution < -0.4 is 0 Å². The number of aromatic amines is 2. The molecule has 0 spiro atoms. The van der Waals surface area contributed by atoms with Crippen LogP contribution in [0, 0.1) is 6.92 Å². The van der Waals surface area contributed by atoms with Crippen molar-refractivity contribution in [3.05, 3.63) is 53.5 Å². The van der Waals surface area contributed by atoms with Crippen molar-refractivity contribution >= 4 is 33.3 Å². The summed E-state index contributed by atoms with van der Waals surface area (Å²) in [5, 5.41) is 12.7. The molecule has 0 amide bonds. The van der Waals surface area contributed by atoms with Crippen molar-refractivity contribution in [1.82, 2.24) is 39.7 Å². The number of aromatic nitrogens is 8. The molecule has 0 saturated carbocycles. The molecule has 0 fully saturated rings. The van der Waals surface area contributed by atoms with Crippen molar-refractivity contribution in [3.63, 3.8) is 0 Å². The predicted octanol–water partition coefficient (Wildman–Crippen LogP) is 4.33. The second-order valence-corrected chi connectivity index (χ2v) is 7.90. The quantitative estimate of drug-likeness (QED) is 0.450. The van der Waals surface area contributed by atoms with Gasteiger partial charge in [-0.1, -0.05) is 0 Å². The molecular formula is C21H16N8S. The lowest BCUT2D eigenvalue weighted by Crippen LogP contribution is -1.95. The van der Waals surface area contributed by atoms with Gasteiger partial charge in [-0.2, -0.15) is 16.4 Å². The van der Waals surface area contributed by atoms with Gasteiger partial charge in [-0.15, -0.1) is 0 Å². The molecule has 2 N–H and O–H groups in total. The largest absolute Gasteiger partial charge is 0.335 e. The average molecular weight is 412 g/mol. The zero-order valence-electron chi connectivity index (χ0n) is 16.2. The van der Waals surface area contributed by atoms with Gasteiger partial charge in [-0.05, 0) is 35.4 Å². The number of imidazole rings is 2. The highest BCUT2D eigenvalue weighted by molar-refractivity contribution is 7.08. The molecule has 0 aromatic carbocycles. The van der Waals surface area contributed by atoms with E-state index in [9.17, 15) is 0 Å². The first-order valence-electron chi connectivity index (χ1n) is 9.38. The van der Waals surface area contributed by atoms with Gasteiger partial charge >= 0.3 is 0 Å². The SMILES string of the molecule is Cc1ncc(-c2cc3c(-c4nc5c(-c6ccsc6)cncc5[nH]4)n[nH]c3cn2)n1C. The Bertz CT molecular complexity index is 1520. The molecule has 9 heteroatoms. The Balaban J connectivity index is 1.53. The maximum absolute atomic E-state index is 4.87. The molecule has 0 aliphatic heterocycles. The van der Waals surface area contributed by atoms with E-state index in [2.05, 4.69) is 47.0 Å². The Morgan fingerprint density at radius 2 is 2.00 bits per heavy atom. The van der Waals surface area contributed by atoms with Crippen molar-refractivity contribution in [1.29, 1.82) is 0 Å². The first kappa shape index (κ1) is 17.0. The lowest BCUT2D eigenvalue weighted by Gasteiger charge is -2.03. The average Bonchev–Trinajstić information content (AvgIpc) is 3.54. The molecule has 0 saturated heterocycles. The summed E-state index contributed by atoms with van der Waals surface area (Å²) in [6, 6.07) is 4.10. The summed E-state index contributed by atoms with van der Waals surface area (Å²) < 4.78 is 2.02. The Kier molecular flexibility index (Phi) is 3.59. The summed E-state index contributed by atoms with van der Waals surface area (Å²) in [4.78, 5) is 21.6. The van der Waals surface area contributed by atoms with E-state index in [4.69, 9.17) is 4.98 Å². The number of H-pyrrole nitrogens is 2. The van der Waals surface area contributed by atoms with E-state index in [0.717, 1.165) is 56.0 Å². The normalized spacial score (nSPS) is 11.7. The Labute approximate surface area is 174 Å². The van der Waals surface area contributed by atoms with E-state index in [-0.39, 0.29) is 0 Å². The highest BCUT2D eigenvalue weighted by Gasteiger charge is 2.17. The molecule has 0 aliphatic rings. The standard InChI is InChI=1S/C21H16N8S/c1-11-23-9-18(29(11)2)15-5-13-16(8-24-15)27-28-20(13)21-25-17-7-22-6-14(19(17)26-21)12-3-4-30-10-12/h3-10H,1-2H3,(H,25,26)(H,27,28). The zero-order chi connectivity index (χ0) is 20.2. The summed E-state index contributed by atoms with van der Waals surface area (Å²) >= 11 is 1.65. The van der Waals surface area contributed by atoms with E-state index < -0.39 is 0 Å². The molecule has 0 atom stereocenters. The molecular weight excluding hydrogens is 396 g/mol. The van der Waals surface area contributed by atoms with Crippen molar-refractivity contribution in [2.24, 2.45) is 7.05 Å². The second-order valence-electron chi connectivity index (χ2n) is 7.12. The lowest BCUT2D eigenvalue weighted by molar-refractivity contribution is 0.862. The first-order chi connectivity index (χ1) is 14.7. The fraction of sp³-hybridized carbons (Fsp3) is 0.0952. The Hall–Kier alpha value is -3.85. The van der Waals surface area contributed by atoms with Crippen LogP contribution in [0.1, 0.15) is 5.82 Å². The molecule has 6 aromatic heterocycles. The fourth-order valence-electron chi connectivity index (χ4n) is 3.65. The molecule has 0 aliphatic carbocycles. The highest BCUT2D eigenvalue weighted by atomic mass is 32.1. The summed E-state index contributed by atoms with van der Waals surface area (Å²) in [6.07, 6.45) is 7.28. The summed E-state index contributed by atoms with van der Waals surface area (Å²) in [5.74, 6) is 1.63. The van der Waals surface area contributed by atoms with Crippen molar-refractivity contribution in [2.75, 3.05) is 0 Å². The van der Waals surface area contributed by atoms with E-state index >= 15 is 0 Å². The van der Waals surface area contributed by atoms with Crippen LogP contribution in [0.25, 0.3) is 56.0 Å². The molecule has 6 rings (SSSR count). The topological polar surface area (TPSA) is 101 Å². The van der Waals surface area contributed by atoms with Crippen LogP contribution >= 0.6 is 11.3 Å². The molecule has 8 nitrogen and oxygen atoms in total. The highest BCUT2D eigenvalue weighted by Crippen LogP contribution is 2.32. The van der Waals surface area contributed by atoms with Crippen LogP contribution in [0.4, 0.5) is 0 Å². The van der Waals surface area contributed by atoms with Gasteiger partial charge in [0.15, 0.2) is 5.82 Å². The van der Waals surface area contributed by atoms with Gasteiger partial charge in [0.05, 0.1) is 41.0 Å². The maximum atomic E-state index is 4.87. The van der Waals surface area contributed by atoms with Gasteiger partial charge in [-0.3, -0.25) is 15.1 Å². The number of thiophene rings is 1. The predicted molar refractivity (Wildman–Crippen MR) is 117 cm³/mol. The van der Waals surface area contributed by atoms with Gasteiger partial charge in [0.1, 0.15) is 17.0 Å². The number of hydrogen-bond donors (Lipinski definition) is 2. The zero-order valence-corrected chi connectivity index (χ0v) is 17.0. The van der Waals surface area contributed by atoms with Gasteiger partial charge < -0.3 is 9.55 Å². The number of hydrogen-bond acceptors (Lipinski definition) is 6. The van der Waals surface area contributed by atoms with E-state index in [1.165, 1.54) is 0 Å². The van der Waals surface area contributed by atoms with Gasteiger partial charge in [-0.25, -0.2) is 9.97 Å². The monoisotopic (exact) mass is 412 g/mol. The molecule has 30 heavy (non-hydrogen) atoms. The third-order valence-corrected chi connectivity index (χ3v) is 6.06. The van der Waals surface area contributed by atoms with Crippen LogP contribution in [0.3, 0.4) is 0 Å².